The minimum Gasteiger partial charge on any atom is -0.308 e. The van der Waals surface area contributed by atoms with Crippen LogP contribution in [0, 0.1) is 5.82 Å². The Morgan fingerprint density at radius 3 is 2.16 bits per heavy atom. The van der Waals surface area contributed by atoms with Crippen LogP contribution in [0.5, 0.6) is 0 Å². The number of halogens is 1. The highest BCUT2D eigenvalue weighted by Crippen LogP contribution is 2.31. The van der Waals surface area contributed by atoms with E-state index in [1.807, 2.05) is 37.2 Å². The molecule has 1 amide bonds. The Labute approximate surface area is 189 Å². The smallest absolute Gasteiger partial charge is 0.260 e. The maximum atomic E-state index is 14.2. The lowest BCUT2D eigenvalue weighted by Crippen LogP contribution is -2.36. The van der Waals surface area contributed by atoms with Gasteiger partial charge in [-0.15, -0.1) is 0 Å². The number of rotatable bonds is 7. The molecule has 162 valence electrons. The van der Waals surface area contributed by atoms with E-state index < -0.39 is 5.82 Å². The number of anilines is 1. The summed E-state index contributed by atoms with van der Waals surface area (Å²) in [5, 5.41) is 0.446. The molecule has 1 aromatic heterocycles. The zero-order valence-electron chi connectivity index (χ0n) is 17.8. The van der Waals surface area contributed by atoms with Crippen LogP contribution in [0.25, 0.3) is 10.2 Å². The van der Waals surface area contributed by atoms with E-state index in [-0.39, 0.29) is 17.2 Å². The standard InChI is InChI=1S/C25H22FN3O2S/c1-28(2)15-16-29(25-27-22-20(26)9-6-10-21(22)32-25)24(31)19-13-11-18(12-14-19)23(30)17-7-4-3-5-8-17/h3-14H,15-16H2,1-2H3. The molecule has 0 aliphatic carbocycles. The molecule has 5 nitrogen and oxygen atoms in total. The summed E-state index contributed by atoms with van der Waals surface area (Å²) in [6, 6.07) is 20.4. The Morgan fingerprint density at radius 2 is 1.50 bits per heavy atom. The molecule has 3 aromatic carbocycles. The minimum atomic E-state index is -0.409. The van der Waals surface area contributed by atoms with Crippen molar-refractivity contribution in [2.45, 2.75) is 0 Å². The van der Waals surface area contributed by atoms with Crippen molar-refractivity contribution in [3.8, 4) is 0 Å². The molecule has 0 unspecified atom stereocenters. The van der Waals surface area contributed by atoms with E-state index in [0.717, 1.165) is 0 Å². The number of benzene rings is 3. The number of aromatic nitrogens is 1. The van der Waals surface area contributed by atoms with Gasteiger partial charge in [0.15, 0.2) is 10.9 Å². The van der Waals surface area contributed by atoms with E-state index in [4.69, 9.17) is 0 Å². The number of hydrogen-bond acceptors (Lipinski definition) is 5. The van der Waals surface area contributed by atoms with E-state index in [1.54, 1.807) is 53.4 Å². The van der Waals surface area contributed by atoms with Gasteiger partial charge < -0.3 is 4.90 Å². The van der Waals surface area contributed by atoms with E-state index in [2.05, 4.69) is 4.98 Å². The number of nitrogens with zero attached hydrogens (tertiary/aromatic N) is 3. The van der Waals surface area contributed by atoms with E-state index in [1.165, 1.54) is 17.4 Å². The van der Waals surface area contributed by atoms with Crippen LogP contribution in [0.4, 0.5) is 9.52 Å². The van der Waals surface area contributed by atoms with Crippen LogP contribution < -0.4 is 4.90 Å². The van der Waals surface area contributed by atoms with Gasteiger partial charge in [0.1, 0.15) is 11.3 Å². The van der Waals surface area contributed by atoms with Crippen molar-refractivity contribution in [2.24, 2.45) is 0 Å². The Hall–Kier alpha value is -3.42. The van der Waals surface area contributed by atoms with Crippen molar-refractivity contribution in [3.63, 3.8) is 0 Å². The third-order valence-corrected chi connectivity index (χ3v) is 6.08. The highest BCUT2D eigenvalue weighted by atomic mass is 32.1. The fraction of sp³-hybridized carbons (Fsp3) is 0.160. The number of carbonyl (C=O) groups excluding carboxylic acids is 2. The van der Waals surface area contributed by atoms with Crippen LogP contribution in [0.2, 0.25) is 0 Å². The van der Waals surface area contributed by atoms with Gasteiger partial charge in [0.25, 0.3) is 5.91 Å². The third kappa shape index (κ3) is 4.59. The zero-order valence-corrected chi connectivity index (χ0v) is 18.6. The number of likely N-dealkylation sites (N-methyl/N-ethyl adjacent to an activating group) is 1. The molecule has 0 saturated heterocycles. The van der Waals surface area contributed by atoms with Crippen LogP contribution in [-0.4, -0.2) is 48.8 Å². The molecule has 0 fully saturated rings. The molecular formula is C25H22FN3O2S. The maximum Gasteiger partial charge on any atom is 0.260 e. The average molecular weight is 448 g/mol. The number of fused-ring (bicyclic) bond motifs is 1. The van der Waals surface area contributed by atoms with Gasteiger partial charge in [-0.3, -0.25) is 14.5 Å². The van der Waals surface area contributed by atoms with Gasteiger partial charge in [-0.2, -0.15) is 0 Å². The van der Waals surface area contributed by atoms with E-state index in [0.29, 0.717) is 39.6 Å². The van der Waals surface area contributed by atoms with Gasteiger partial charge >= 0.3 is 0 Å². The van der Waals surface area contributed by atoms with Crippen molar-refractivity contribution in [2.75, 3.05) is 32.1 Å². The van der Waals surface area contributed by atoms with E-state index >= 15 is 0 Å². The summed E-state index contributed by atoms with van der Waals surface area (Å²) in [5.41, 5.74) is 1.80. The van der Waals surface area contributed by atoms with Crippen LogP contribution in [0.15, 0.2) is 72.8 Å². The van der Waals surface area contributed by atoms with E-state index in [9.17, 15) is 14.0 Å². The van der Waals surface area contributed by atoms with Gasteiger partial charge in [-0.05, 0) is 38.4 Å². The summed E-state index contributed by atoms with van der Waals surface area (Å²) >= 11 is 1.28. The average Bonchev–Trinajstić information content (AvgIpc) is 3.24. The number of carbonyl (C=O) groups is 2. The summed E-state index contributed by atoms with van der Waals surface area (Å²) in [5.74, 6) is -0.755. The van der Waals surface area contributed by atoms with Gasteiger partial charge in [0.2, 0.25) is 0 Å². The highest BCUT2D eigenvalue weighted by Gasteiger charge is 2.22. The Morgan fingerprint density at radius 1 is 0.844 bits per heavy atom. The molecule has 0 N–H and O–H groups in total. The van der Waals surface area contributed by atoms with Crippen LogP contribution in [-0.2, 0) is 0 Å². The summed E-state index contributed by atoms with van der Waals surface area (Å²) in [7, 11) is 3.84. The molecule has 0 atom stereocenters. The molecule has 0 saturated carbocycles. The molecular weight excluding hydrogens is 425 g/mol. The molecule has 0 spiro atoms. The number of ketones is 1. The summed E-state index contributed by atoms with van der Waals surface area (Å²) in [6.45, 7) is 1.02. The Balaban J connectivity index is 1.63. The molecule has 0 aliphatic heterocycles. The monoisotopic (exact) mass is 447 g/mol. The first-order valence-corrected chi connectivity index (χ1v) is 11.0. The first-order chi connectivity index (χ1) is 15.4. The lowest BCUT2D eigenvalue weighted by molar-refractivity contribution is 0.0982. The molecule has 0 radical (unpaired) electrons. The molecule has 4 rings (SSSR count). The fourth-order valence-corrected chi connectivity index (χ4v) is 4.28. The lowest BCUT2D eigenvalue weighted by atomic mass is 10.0. The van der Waals surface area contributed by atoms with Gasteiger partial charge in [0.05, 0.1) is 4.70 Å². The Kier molecular flexibility index (Phi) is 6.39. The Bertz CT molecular complexity index is 1250. The zero-order chi connectivity index (χ0) is 22.7. The van der Waals surface area contributed by atoms with Crippen molar-refractivity contribution in [1.29, 1.82) is 0 Å². The molecule has 0 bridgehead atoms. The summed E-state index contributed by atoms with van der Waals surface area (Å²) in [4.78, 5) is 33.9. The van der Waals surface area contributed by atoms with Gasteiger partial charge in [-0.1, -0.05) is 59.9 Å². The van der Waals surface area contributed by atoms with Gasteiger partial charge in [0, 0.05) is 29.8 Å². The SMILES string of the molecule is CN(C)CCN(C(=O)c1ccc(C(=O)c2ccccc2)cc1)c1nc2c(F)cccc2s1. The van der Waals surface area contributed by atoms with Crippen LogP contribution in [0.1, 0.15) is 26.3 Å². The predicted molar refractivity (Wildman–Crippen MR) is 126 cm³/mol. The second kappa shape index (κ2) is 9.38. The van der Waals surface area contributed by atoms with Crippen LogP contribution >= 0.6 is 11.3 Å². The number of para-hydroxylation sites is 1. The number of hydrogen-bond donors (Lipinski definition) is 0. The van der Waals surface area contributed by atoms with Crippen molar-refractivity contribution >= 4 is 38.4 Å². The molecule has 7 heteroatoms. The number of thiazole rings is 1. The second-order valence-corrected chi connectivity index (χ2v) is 8.62. The fourth-order valence-electron chi connectivity index (χ4n) is 3.28. The molecule has 0 aliphatic rings. The predicted octanol–water partition coefficient (Wildman–Crippen LogP) is 4.87. The van der Waals surface area contributed by atoms with Crippen molar-refractivity contribution in [3.05, 3.63) is 95.3 Å². The first kappa shape index (κ1) is 21.8. The highest BCUT2D eigenvalue weighted by molar-refractivity contribution is 7.22. The van der Waals surface area contributed by atoms with Crippen molar-refractivity contribution < 1.29 is 14.0 Å². The largest absolute Gasteiger partial charge is 0.308 e. The lowest BCUT2D eigenvalue weighted by Gasteiger charge is -2.22. The third-order valence-electron chi connectivity index (χ3n) is 5.04. The molecule has 4 aromatic rings. The van der Waals surface area contributed by atoms with Crippen molar-refractivity contribution in [1.82, 2.24) is 9.88 Å². The quantitative estimate of drug-likeness (QED) is 0.379. The molecule has 1 heterocycles. The summed E-state index contributed by atoms with van der Waals surface area (Å²) < 4.78 is 14.8. The van der Waals surface area contributed by atoms with Crippen LogP contribution in [0.3, 0.4) is 0 Å². The summed E-state index contributed by atoms with van der Waals surface area (Å²) in [6.07, 6.45) is 0. The number of amides is 1. The molecule has 32 heavy (non-hydrogen) atoms. The maximum absolute atomic E-state index is 14.2. The second-order valence-electron chi connectivity index (χ2n) is 7.62. The van der Waals surface area contributed by atoms with Gasteiger partial charge in [-0.25, -0.2) is 9.37 Å². The normalized spacial score (nSPS) is 11.1. The minimum absolute atomic E-state index is 0.101. The topological polar surface area (TPSA) is 53.5 Å². The first-order valence-electron chi connectivity index (χ1n) is 10.2.